The van der Waals surface area contributed by atoms with Gasteiger partial charge in [0.15, 0.2) is 0 Å². The molecule has 0 saturated carbocycles. The normalized spacial score (nSPS) is 14.3. The van der Waals surface area contributed by atoms with E-state index in [1.165, 1.54) is 11.3 Å². The van der Waals surface area contributed by atoms with E-state index < -0.39 is 5.97 Å². The van der Waals surface area contributed by atoms with E-state index in [1.54, 1.807) is 6.92 Å². The summed E-state index contributed by atoms with van der Waals surface area (Å²) in [4.78, 5) is 13.3. The zero-order valence-corrected chi connectivity index (χ0v) is 12.2. The number of nitriles is 1. The molecule has 1 aromatic heterocycles. The van der Waals surface area contributed by atoms with E-state index >= 15 is 0 Å². The molecule has 1 aromatic rings. The highest BCUT2D eigenvalue weighted by Crippen LogP contribution is 2.35. The van der Waals surface area contributed by atoms with Gasteiger partial charge in [-0.05, 0) is 12.5 Å². The van der Waals surface area contributed by atoms with Crippen molar-refractivity contribution in [2.45, 2.75) is 20.8 Å². The van der Waals surface area contributed by atoms with Gasteiger partial charge in [-0.3, -0.25) is 0 Å². The van der Waals surface area contributed by atoms with Gasteiger partial charge in [0.2, 0.25) is 0 Å². The van der Waals surface area contributed by atoms with Gasteiger partial charge in [-0.15, -0.1) is 11.3 Å². The molecule has 0 aromatic carbocycles. The van der Waals surface area contributed by atoms with Gasteiger partial charge in [-0.1, -0.05) is 13.8 Å². The van der Waals surface area contributed by atoms with Gasteiger partial charge in [0.05, 0.1) is 18.8 Å². The lowest BCUT2D eigenvalue weighted by Gasteiger charge is -2.27. The standard InChI is InChI=1S/C11H12N2O3S.C2H6/c1-7-8(6-12)10(17-9(7)11(14)15)13-2-4-16-5-3-13;1-2/h2-5H2,1H3,(H,14,15);1-2H3. The van der Waals surface area contributed by atoms with E-state index in [2.05, 4.69) is 6.07 Å². The number of hydrogen-bond acceptors (Lipinski definition) is 5. The molecule has 19 heavy (non-hydrogen) atoms. The Balaban J connectivity index is 0.000000861. The van der Waals surface area contributed by atoms with Crippen LogP contribution >= 0.6 is 11.3 Å². The minimum Gasteiger partial charge on any atom is -0.477 e. The van der Waals surface area contributed by atoms with E-state index in [0.29, 0.717) is 37.4 Å². The van der Waals surface area contributed by atoms with E-state index in [0.717, 1.165) is 5.00 Å². The van der Waals surface area contributed by atoms with Crippen molar-refractivity contribution in [2.75, 3.05) is 31.2 Å². The largest absolute Gasteiger partial charge is 0.477 e. The van der Waals surface area contributed by atoms with E-state index in [1.807, 2.05) is 18.7 Å². The number of nitrogens with zero attached hydrogens (tertiary/aromatic N) is 2. The molecule has 1 fully saturated rings. The summed E-state index contributed by atoms with van der Waals surface area (Å²) in [6, 6.07) is 2.10. The molecule has 1 N–H and O–H groups in total. The molecule has 6 heteroatoms. The van der Waals surface area contributed by atoms with Crippen molar-refractivity contribution in [1.82, 2.24) is 0 Å². The van der Waals surface area contributed by atoms with E-state index in [4.69, 9.17) is 15.1 Å². The van der Waals surface area contributed by atoms with E-state index in [-0.39, 0.29) is 4.88 Å². The summed E-state index contributed by atoms with van der Waals surface area (Å²) in [6.45, 7) is 8.32. The fourth-order valence-electron chi connectivity index (χ4n) is 1.82. The van der Waals surface area contributed by atoms with Gasteiger partial charge in [0.25, 0.3) is 0 Å². The Kier molecular flexibility index (Phi) is 5.80. The average Bonchev–Trinajstić information content (AvgIpc) is 2.79. The molecule has 104 valence electrons. The molecular weight excluding hydrogens is 264 g/mol. The second kappa shape index (κ2) is 7.12. The number of carboxylic acids is 1. The third-order valence-corrected chi connectivity index (χ3v) is 4.07. The maximum Gasteiger partial charge on any atom is 0.346 e. The van der Waals surface area contributed by atoms with Gasteiger partial charge >= 0.3 is 5.97 Å². The van der Waals surface area contributed by atoms with Crippen LogP contribution in [0.3, 0.4) is 0 Å². The van der Waals surface area contributed by atoms with Crippen LogP contribution in [-0.4, -0.2) is 37.4 Å². The lowest BCUT2D eigenvalue weighted by atomic mass is 10.1. The summed E-state index contributed by atoms with van der Waals surface area (Å²) in [5.74, 6) is -0.969. The quantitative estimate of drug-likeness (QED) is 0.902. The lowest BCUT2D eigenvalue weighted by Crippen LogP contribution is -2.36. The molecule has 0 amide bonds. The van der Waals surface area contributed by atoms with Crippen LogP contribution in [0.15, 0.2) is 0 Å². The molecule has 0 unspecified atom stereocenters. The van der Waals surface area contributed by atoms with Crippen LogP contribution in [0.5, 0.6) is 0 Å². The lowest BCUT2D eigenvalue weighted by molar-refractivity contribution is 0.0701. The molecule has 5 nitrogen and oxygen atoms in total. The van der Waals surface area contributed by atoms with Gasteiger partial charge in [0, 0.05) is 13.1 Å². The number of morpholine rings is 1. The zero-order valence-electron chi connectivity index (χ0n) is 11.4. The van der Waals surface area contributed by atoms with Gasteiger partial charge in [-0.25, -0.2) is 4.79 Å². The maximum atomic E-state index is 11.0. The van der Waals surface area contributed by atoms with Crippen molar-refractivity contribution >= 4 is 22.3 Å². The highest BCUT2D eigenvalue weighted by atomic mass is 32.1. The first-order valence-corrected chi connectivity index (χ1v) is 7.06. The maximum absolute atomic E-state index is 11.0. The molecule has 1 aliphatic rings. The molecule has 0 bridgehead atoms. The number of carboxylic acid groups (broad SMARTS) is 1. The second-order valence-corrected chi connectivity index (χ2v) is 4.75. The first-order valence-electron chi connectivity index (χ1n) is 6.24. The fraction of sp³-hybridized carbons (Fsp3) is 0.538. The van der Waals surface area contributed by atoms with Crippen LogP contribution in [0.1, 0.15) is 34.6 Å². The summed E-state index contributed by atoms with van der Waals surface area (Å²) < 4.78 is 5.24. The number of thiophene rings is 1. The smallest absolute Gasteiger partial charge is 0.346 e. The highest BCUT2D eigenvalue weighted by Gasteiger charge is 2.24. The summed E-state index contributed by atoms with van der Waals surface area (Å²) >= 11 is 1.17. The minimum absolute atomic E-state index is 0.253. The van der Waals surface area contributed by atoms with Crippen molar-refractivity contribution in [3.63, 3.8) is 0 Å². The highest BCUT2D eigenvalue weighted by molar-refractivity contribution is 7.18. The van der Waals surface area contributed by atoms with Crippen molar-refractivity contribution in [3.8, 4) is 6.07 Å². The molecule has 0 radical (unpaired) electrons. The predicted molar refractivity (Wildman–Crippen MR) is 75.1 cm³/mol. The molecule has 1 aliphatic heterocycles. The molecule has 0 atom stereocenters. The Morgan fingerprint density at radius 2 is 2.00 bits per heavy atom. The monoisotopic (exact) mass is 282 g/mol. The van der Waals surface area contributed by atoms with Crippen LogP contribution in [0.25, 0.3) is 0 Å². The molecule has 0 spiro atoms. The van der Waals surface area contributed by atoms with Gasteiger partial charge in [-0.2, -0.15) is 5.26 Å². The number of aromatic carboxylic acids is 1. The van der Waals surface area contributed by atoms with Crippen molar-refractivity contribution in [1.29, 1.82) is 5.26 Å². The van der Waals surface area contributed by atoms with Crippen LogP contribution in [0.2, 0.25) is 0 Å². The van der Waals surface area contributed by atoms with Crippen LogP contribution in [0.4, 0.5) is 5.00 Å². The SMILES string of the molecule is CC.Cc1c(C(=O)O)sc(N2CCOCC2)c1C#N. The summed E-state index contributed by atoms with van der Waals surface area (Å²) in [6.07, 6.45) is 0. The van der Waals surface area contributed by atoms with Crippen LogP contribution in [-0.2, 0) is 4.74 Å². The Labute approximate surface area is 117 Å². The van der Waals surface area contributed by atoms with Gasteiger partial charge < -0.3 is 14.7 Å². The first kappa shape index (κ1) is 15.5. The molecule has 0 aliphatic carbocycles. The average molecular weight is 282 g/mol. The minimum atomic E-state index is -0.969. The Hall–Kier alpha value is -1.58. The van der Waals surface area contributed by atoms with Crippen LogP contribution < -0.4 is 4.90 Å². The van der Waals surface area contributed by atoms with Gasteiger partial charge in [0.1, 0.15) is 15.9 Å². The molecule has 2 heterocycles. The summed E-state index contributed by atoms with van der Waals surface area (Å²) in [5.41, 5.74) is 1.04. The Bertz CT molecular complexity index is 485. The summed E-state index contributed by atoms with van der Waals surface area (Å²) in [7, 11) is 0. The molecule has 2 rings (SSSR count). The zero-order chi connectivity index (χ0) is 14.4. The number of carbonyl (C=O) groups is 1. The molecular formula is C13H18N2O3S. The number of hydrogen-bond donors (Lipinski definition) is 1. The Morgan fingerprint density at radius 3 is 2.47 bits per heavy atom. The number of ether oxygens (including phenoxy) is 1. The third-order valence-electron chi connectivity index (χ3n) is 2.73. The van der Waals surface area contributed by atoms with Crippen molar-refractivity contribution < 1.29 is 14.6 Å². The Morgan fingerprint density at radius 1 is 1.42 bits per heavy atom. The fourth-order valence-corrected chi connectivity index (χ4v) is 2.97. The van der Waals surface area contributed by atoms with Crippen LogP contribution in [0, 0.1) is 18.3 Å². The van der Waals surface area contributed by atoms with E-state index in [9.17, 15) is 4.79 Å². The number of rotatable bonds is 2. The van der Waals surface area contributed by atoms with Crippen molar-refractivity contribution in [3.05, 3.63) is 16.0 Å². The second-order valence-electron chi connectivity index (χ2n) is 3.75. The topological polar surface area (TPSA) is 73.6 Å². The number of anilines is 1. The predicted octanol–water partition coefficient (Wildman–Crippen LogP) is 2.49. The first-order chi connectivity index (χ1) is 9.15. The third kappa shape index (κ3) is 3.25. The molecule has 1 saturated heterocycles. The summed E-state index contributed by atoms with van der Waals surface area (Å²) in [5, 5.41) is 18.9. The van der Waals surface area contributed by atoms with Crippen molar-refractivity contribution in [2.24, 2.45) is 0 Å².